The Bertz CT molecular complexity index is 725. The zero-order chi connectivity index (χ0) is 17.1. The summed E-state index contributed by atoms with van der Waals surface area (Å²) in [6.07, 6.45) is 2.74. The number of fused-ring (bicyclic) bond motifs is 1. The van der Waals surface area contributed by atoms with Crippen LogP contribution in [0.5, 0.6) is 0 Å². The summed E-state index contributed by atoms with van der Waals surface area (Å²) in [6.45, 7) is 8.38. The molecule has 2 heterocycles. The lowest BCUT2D eigenvalue weighted by atomic mass is 10.1. The van der Waals surface area contributed by atoms with Gasteiger partial charge in [0.25, 0.3) is 0 Å². The van der Waals surface area contributed by atoms with E-state index in [1.165, 1.54) is 24.0 Å². The quantitative estimate of drug-likeness (QED) is 0.857. The van der Waals surface area contributed by atoms with Gasteiger partial charge in [-0.1, -0.05) is 25.5 Å². The molecule has 128 valence electrons. The molecule has 1 aliphatic heterocycles. The Morgan fingerprint density at radius 3 is 2.96 bits per heavy atom. The Hall–Kier alpha value is -1.72. The molecule has 0 aliphatic carbocycles. The van der Waals surface area contributed by atoms with Gasteiger partial charge in [0, 0.05) is 30.2 Å². The van der Waals surface area contributed by atoms with Crippen molar-refractivity contribution < 1.29 is 4.79 Å². The number of nitrogens with one attached hydrogen (secondary N) is 1. The van der Waals surface area contributed by atoms with Crippen LogP contribution >= 0.6 is 11.3 Å². The summed E-state index contributed by atoms with van der Waals surface area (Å²) in [4.78, 5) is 19.2. The Balaban J connectivity index is 1.68. The van der Waals surface area contributed by atoms with Crippen molar-refractivity contribution in [3.63, 3.8) is 0 Å². The average Bonchev–Trinajstić information content (AvgIpc) is 3.14. The third kappa shape index (κ3) is 3.84. The molecule has 0 bridgehead atoms. The van der Waals surface area contributed by atoms with Crippen molar-refractivity contribution in [2.45, 2.75) is 59.2 Å². The summed E-state index contributed by atoms with van der Waals surface area (Å²) in [6, 6.07) is 6.80. The number of aryl methyl sites for hydroxylation is 1. The van der Waals surface area contributed by atoms with Crippen LogP contribution in [0, 0.1) is 6.92 Å². The van der Waals surface area contributed by atoms with E-state index in [4.69, 9.17) is 0 Å². The van der Waals surface area contributed by atoms with Gasteiger partial charge in [0.1, 0.15) is 0 Å². The summed E-state index contributed by atoms with van der Waals surface area (Å²) >= 11 is 1.58. The number of nitrogens with zero attached hydrogens (tertiary/aromatic N) is 2. The normalized spacial score (nSPS) is 15.3. The van der Waals surface area contributed by atoms with Crippen molar-refractivity contribution in [3.8, 4) is 0 Å². The van der Waals surface area contributed by atoms with Gasteiger partial charge < -0.3 is 5.32 Å². The van der Waals surface area contributed by atoms with Crippen LogP contribution in [-0.2, 0) is 24.3 Å². The minimum Gasteiger partial charge on any atom is -0.325 e. The van der Waals surface area contributed by atoms with Crippen LogP contribution in [0.25, 0.3) is 0 Å². The molecule has 0 radical (unpaired) electrons. The van der Waals surface area contributed by atoms with Gasteiger partial charge in [0.2, 0.25) is 5.91 Å². The molecular weight excluding hydrogens is 318 g/mol. The first-order valence-electron chi connectivity index (χ1n) is 8.62. The van der Waals surface area contributed by atoms with E-state index in [2.05, 4.69) is 35.1 Å². The van der Waals surface area contributed by atoms with Gasteiger partial charge in [-0.2, -0.15) is 0 Å². The van der Waals surface area contributed by atoms with Crippen LogP contribution in [0.4, 0.5) is 5.69 Å². The fraction of sp³-hybridized carbons (Fsp3) is 0.474. The molecule has 1 atom stereocenters. The smallest absolute Gasteiger partial charge is 0.230 e. The highest BCUT2D eigenvalue weighted by Crippen LogP contribution is 2.31. The molecule has 1 N–H and O–H groups in total. The van der Waals surface area contributed by atoms with E-state index < -0.39 is 0 Å². The van der Waals surface area contributed by atoms with Gasteiger partial charge in [-0.05, 0) is 37.5 Å². The molecule has 1 aromatic heterocycles. The summed E-state index contributed by atoms with van der Waals surface area (Å²) in [5.74, 6) is 0.00811. The van der Waals surface area contributed by atoms with E-state index in [9.17, 15) is 4.79 Å². The predicted molar refractivity (Wildman–Crippen MR) is 99.2 cm³/mol. The van der Waals surface area contributed by atoms with E-state index in [-0.39, 0.29) is 5.91 Å². The second-order valence-electron chi connectivity index (χ2n) is 6.57. The molecular formula is C19H25N3OS. The van der Waals surface area contributed by atoms with Crippen LogP contribution in [0.1, 0.15) is 48.5 Å². The number of rotatable bonds is 6. The van der Waals surface area contributed by atoms with E-state index in [1.54, 1.807) is 11.3 Å². The number of benzene rings is 1. The standard InChI is InChI=1S/C19H25N3OS/c1-4-6-13(2)22-10-15-7-5-8-18(17(15)11-22)21-19(23)9-16-12-24-14(3)20-16/h5,7-8,12-13H,4,6,9-11H2,1-3H3,(H,21,23). The lowest BCUT2D eigenvalue weighted by molar-refractivity contribution is -0.115. The lowest BCUT2D eigenvalue weighted by Gasteiger charge is -2.23. The van der Waals surface area contributed by atoms with Crippen molar-refractivity contribution in [2.75, 3.05) is 5.32 Å². The monoisotopic (exact) mass is 343 g/mol. The van der Waals surface area contributed by atoms with Gasteiger partial charge in [-0.15, -0.1) is 11.3 Å². The molecule has 3 rings (SSSR count). The van der Waals surface area contributed by atoms with Crippen LogP contribution in [0.2, 0.25) is 0 Å². The maximum atomic E-state index is 12.3. The molecule has 1 unspecified atom stereocenters. The van der Waals surface area contributed by atoms with Gasteiger partial charge in [0.15, 0.2) is 0 Å². The molecule has 24 heavy (non-hydrogen) atoms. The van der Waals surface area contributed by atoms with E-state index in [0.717, 1.165) is 29.5 Å². The summed E-state index contributed by atoms with van der Waals surface area (Å²) < 4.78 is 0. The Labute approximate surface area is 147 Å². The van der Waals surface area contributed by atoms with Gasteiger partial charge >= 0.3 is 0 Å². The third-order valence-corrected chi connectivity index (χ3v) is 5.44. The number of thiazole rings is 1. The topological polar surface area (TPSA) is 45.2 Å². The van der Waals surface area contributed by atoms with Crippen LogP contribution in [0.3, 0.4) is 0 Å². The first kappa shape index (κ1) is 17.1. The maximum Gasteiger partial charge on any atom is 0.230 e. The highest BCUT2D eigenvalue weighted by atomic mass is 32.1. The predicted octanol–water partition coefficient (Wildman–Crippen LogP) is 4.14. The number of carbonyl (C=O) groups is 1. The lowest BCUT2D eigenvalue weighted by Crippen LogP contribution is -2.27. The molecule has 1 aliphatic rings. The zero-order valence-corrected chi connectivity index (χ0v) is 15.4. The van der Waals surface area contributed by atoms with E-state index in [0.29, 0.717) is 12.5 Å². The highest BCUT2D eigenvalue weighted by Gasteiger charge is 2.25. The number of amides is 1. The fourth-order valence-corrected chi connectivity index (χ4v) is 3.94. The number of aromatic nitrogens is 1. The Morgan fingerprint density at radius 2 is 2.25 bits per heavy atom. The number of hydrogen-bond donors (Lipinski definition) is 1. The van der Waals surface area contributed by atoms with E-state index >= 15 is 0 Å². The largest absolute Gasteiger partial charge is 0.325 e. The number of anilines is 1. The summed E-state index contributed by atoms with van der Waals surface area (Å²) in [5.41, 5.74) is 4.40. The summed E-state index contributed by atoms with van der Waals surface area (Å²) in [5, 5.41) is 6.05. The van der Waals surface area contributed by atoms with Gasteiger partial charge in [-0.25, -0.2) is 4.98 Å². The third-order valence-electron chi connectivity index (χ3n) is 4.62. The van der Waals surface area contributed by atoms with Crippen molar-refractivity contribution in [1.29, 1.82) is 0 Å². The van der Waals surface area contributed by atoms with Crippen LogP contribution in [-0.4, -0.2) is 21.8 Å². The fourth-order valence-electron chi connectivity index (χ4n) is 3.32. The van der Waals surface area contributed by atoms with Gasteiger partial charge in [0.05, 0.1) is 17.1 Å². The van der Waals surface area contributed by atoms with Crippen LogP contribution in [0.15, 0.2) is 23.6 Å². The molecule has 1 aromatic carbocycles. The molecule has 5 heteroatoms. The summed E-state index contributed by atoms with van der Waals surface area (Å²) in [7, 11) is 0. The first-order valence-corrected chi connectivity index (χ1v) is 9.50. The molecule has 1 amide bonds. The minimum absolute atomic E-state index is 0.00811. The molecule has 0 fully saturated rings. The highest BCUT2D eigenvalue weighted by molar-refractivity contribution is 7.09. The minimum atomic E-state index is 0.00811. The van der Waals surface area contributed by atoms with Crippen molar-refractivity contribution in [3.05, 3.63) is 45.4 Å². The van der Waals surface area contributed by atoms with E-state index in [1.807, 2.05) is 24.4 Å². The molecule has 0 saturated heterocycles. The molecule has 2 aromatic rings. The Morgan fingerprint density at radius 1 is 1.42 bits per heavy atom. The molecule has 0 saturated carbocycles. The van der Waals surface area contributed by atoms with Gasteiger partial charge in [-0.3, -0.25) is 9.69 Å². The zero-order valence-electron chi connectivity index (χ0n) is 14.6. The number of carbonyl (C=O) groups excluding carboxylic acids is 1. The molecule has 4 nitrogen and oxygen atoms in total. The SMILES string of the molecule is CCCC(C)N1Cc2cccc(NC(=O)Cc3csc(C)n3)c2C1. The molecule has 0 spiro atoms. The second kappa shape index (κ2) is 7.45. The Kier molecular flexibility index (Phi) is 5.31. The average molecular weight is 343 g/mol. The number of hydrogen-bond acceptors (Lipinski definition) is 4. The van der Waals surface area contributed by atoms with Crippen LogP contribution < -0.4 is 5.32 Å². The second-order valence-corrected chi connectivity index (χ2v) is 7.63. The maximum absolute atomic E-state index is 12.3. The first-order chi connectivity index (χ1) is 11.6. The van der Waals surface area contributed by atoms with Crippen molar-refractivity contribution in [1.82, 2.24) is 9.88 Å². The van der Waals surface area contributed by atoms with Crippen molar-refractivity contribution >= 4 is 22.9 Å². The van der Waals surface area contributed by atoms with Crippen molar-refractivity contribution in [2.24, 2.45) is 0 Å².